The molecule has 0 aliphatic heterocycles. The van der Waals surface area contributed by atoms with E-state index in [1.807, 2.05) is 0 Å². The van der Waals surface area contributed by atoms with Crippen LogP contribution in [0.2, 0.25) is 10.2 Å². The van der Waals surface area contributed by atoms with Gasteiger partial charge in [0.2, 0.25) is 0 Å². The highest BCUT2D eigenvalue weighted by molar-refractivity contribution is 6.34. The molecule has 0 aliphatic carbocycles. The zero-order valence-corrected chi connectivity index (χ0v) is 7.68. The first-order chi connectivity index (χ1) is 5.65. The number of aliphatic hydroxyl groups is 1. The molecule has 1 heterocycles. The number of hydrogen-bond acceptors (Lipinski definition) is 3. The molecule has 0 saturated carbocycles. The molecule has 0 aliphatic rings. The van der Waals surface area contributed by atoms with Crippen molar-refractivity contribution in [3.05, 3.63) is 28.0 Å². The van der Waals surface area contributed by atoms with Gasteiger partial charge in [0, 0.05) is 18.3 Å². The van der Waals surface area contributed by atoms with E-state index in [-0.39, 0.29) is 6.54 Å². The first-order valence-corrected chi connectivity index (χ1v) is 4.10. The molecule has 1 aromatic rings. The summed E-state index contributed by atoms with van der Waals surface area (Å²) in [6.07, 6.45) is 0.643. The number of nitrogens with two attached hydrogens (primary N) is 1. The molecule has 12 heavy (non-hydrogen) atoms. The van der Waals surface area contributed by atoms with E-state index in [9.17, 15) is 5.11 Å². The SMILES string of the molecule is NC[C@@H](O)c1cnc(Cl)cc1Cl. The van der Waals surface area contributed by atoms with E-state index in [1.54, 1.807) is 0 Å². The Bertz CT molecular complexity index is 280. The predicted octanol–water partition coefficient (Wildman–Crippen LogP) is 1.38. The minimum atomic E-state index is -0.776. The molecule has 0 fully saturated rings. The van der Waals surface area contributed by atoms with E-state index in [2.05, 4.69) is 4.98 Å². The van der Waals surface area contributed by atoms with Crippen LogP contribution in [-0.4, -0.2) is 16.6 Å². The molecule has 0 unspecified atom stereocenters. The summed E-state index contributed by atoms with van der Waals surface area (Å²) < 4.78 is 0. The standard InChI is InChI=1S/C7H8Cl2N2O/c8-5-1-7(9)11-3-4(5)6(12)2-10/h1,3,6,12H,2,10H2/t6-/m1/s1. The Morgan fingerprint density at radius 2 is 2.25 bits per heavy atom. The first kappa shape index (κ1) is 9.74. The predicted molar refractivity (Wildman–Crippen MR) is 48.3 cm³/mol. The van der Waals surface area contributed by atoms with E-state index >= 15 is 0 Å². The zero-order valence-electron chi connectivity index (χ0n) is 6.17. The van der Waals surface area contributed by atoms with Gasteiger partial charge < -0.3 is 10.8 Å². The van der Waals surface area contributed by atoms with Gasteiger partial charge in [0.05, 0.1) is 11.1 Å². The van der Waals surface area contributed by atoms with Crippen LogP contribution in [0.3, 0.4) is 0 Å². The van der Waals surface area contributed by atoms with Crippen LogP contribution in [0.5, 0.6) is 0 Å². The molecule has 0 radical (unpaired) electrons. The van der Waals surface area contributed by atoms with Gasteiger partial charge in [0.25, 0.3) is 0 Å². The van der Waals surface area contributed by atoms with E-state index in [4.69, 9.17) is 28.9 Å². The summed E-state index contributed by atoms with van der Waals surface area (Å²) in [4.78, 5) is 3.77. The van der Waals surface area contributed by atoms with Crippen LogP contribution in [-0.2, 0) is 0 Å². The summed E-state index contributed by atoms with van der Waals surface area (Å²) in [7, 11) is 0. The molecule has 0 spiro atoms. The molecule has 0 saturated heterocycles. The highest BCUT2D eigenvalue weighted by Crippen LogP contribution is 2.23. The quantitative estimate of drug-likeness (QED) is 0.720. The van der Waals surface area contributed by atoms with Gasteiger partial charge in [-0.15, -0.1) is 0 Å². The number of rotatable bonds is 2. The van der Waals surface area contributed by atoms with Crippen molar-refractivity contribution in [2.24, 2.45) is 5.73 Å². The number of halogens is 2. The summed E-state index contributed by atoms with van der Waals surface area (Å²) in [5.41, 5.74) is 5.74. The molecule has 1 rings (SSSR count). The molecular formula is C7H8Cl2N2O. The summed E-state index contributed by atoms with van der Waals surface area (Å²) in [6.45, 7) is 0.114. The zero-order chi connectivity index (χ0) is 9.14. The van der Waals surface area contributed by atoms with E-state index in [0.717, 1.165) is 0 Å². The lowest BCUT2D eigenvalue weighted by atomic mass is 10.2. The number of aromatic nitrogens is 1. The summed E-state index contributed by atoms with van der Waals surface area (Å²) in [5, 5.41) is 9.99. The minimum Gasteiger partial charge on any atom is -0.387 e. The topological polar surface area (TPSA) is 59.1 Å². The van der Waals surface area contributed by atoms with Crippen molar-refractivity contribution in [1.29, 1.82) is 0 Å². The van der Waals surface area contributed by atoms with Gasteiger partial charge in [-0.1, -0.05) is 23.2 Å². The highest BCUT2D eigenvalue weighted by atomic mass is 35.5. The van der Waals surface area contributed by atoms with Crippen LogP contribution in [0.15, 0.2) is 12.3 Å². The fourth-order valence-corrected chi connectivity index (χ4v) is 1.28. The second kappa shape index (κ2) is 4.05. The van der Waals surface area contributed by atoms with Gasteiger partial charge in [0.1, 0.15) is 5.15 Å². The second-order valence-electron chi connectivity index (χ2n) is 2.28. The maximum absolute atomic E-state index is 9.31. The van der Waals surface area contributed by atoms with Crippen LogP contribution in [0.4, 0.5) is 0 Å². The third-order valence-corrected chi connectivity index (χ3v) is 1.96. The summed E-state index contributed by atoms with van der Waals surface area (Å²) in [5.74, 6) is 0. The van der Waals surface area contributed by atoms with Gasteiger partial charge in [-0.2, -0.15) is 0 Å². The Balaban J connectivity index is 3.01. The fraction of sp³-hybridized carbons (Fsp3) is 0.286. The maximum Gasteiger partial charge on any atom is 0.130 e. The molecule has 66 valence electrons. The van der Waals surface area contributed by atoms with Crippen LogP contribution in [0.1, 0.15) is 11.7 Å². The van der Waals surface area contributed by atoms with Gasteiger partial charge >= 0.3 is 0 Å². The molecule has 1 aromatic heterocycles. The Morgan fingerprint density at radius 3 is 2.75 bits per heavy atom. The number of pyridine rings is 1. The Kier molecular flexibility index (Phi) is 3.29. The molecule has 0 amide bonds. The van der Waals surface area contributed by atoms with Gasteiger partial charge in [-0.3, -0.25) is 0 Å². The molecule has 5 heteroatoms. The smallest absolute Gasteiger partial charge is 0.130 e. The monoisotopic (exact) mass is 206 g/mol. The lowest BCUT2D eigenvalue weighted by molar-refractivity contribution is 0.186. The van der Waals surface area contributed by atoms with Crippen LogP contribution < -0.4 is 5.73 Å². The lowest BCUT2D eigenvalue weighted by Crippen LogP contribution is -2.12. The molecular weight excluding hydrogens is 199 g/mol. The Morgan fingerprint density at radius 1 is 1.58 bits per heavy atom. The average molecular weight is 207 g/mol. The van der Waals surface area contributed by atoms with Gasteiger partial charge in [0.15, 0.2) is 0 Å². The summed E-state index contributed by atoms with van der Waals surface area (Å²) in [6, 6.07) is 1.47. The van der Waals surface area contributed by atoms with Crippen LogP contribution >= 0.6 is 23.2 Å². The van der Waals surface area contributed by atoms with Gasteiger partial charge in [-0.25, -0.2) is 4.98 Å². The first-order valence-electron chi connectivity index (χ1n) is 3.34. The van der Waals surface area contributed by atoms with E-state index in [0.29, 0.717) is 15.7 Å². The number of aliphatic hydroxyl groups excluding tert-OH is 1. The third kappa shape index (κ3) is 2.08. The molecule has 0 bridgehead atoms. The third-order valence-electron chi connectivity index (χ3n) is 1.43. The van der Waals surface area contributed by atoms with Gasteiger partial charge in [-0.05, 0) is 6.07 Å². The average Bonchev–Trinajstić information content (AvgIpc) is 2.03. The lowest BCUT2D eigenvalue weighted by Gasteiger charge is -2.08. The van der Waals surface area contributed by atoms with E-state index in [1.165, 1.54) is 12.3 Å². The molecule has 3 N–H and O–H groups in total. The highest BCUT2D eigenvalue weighted by Gasteiger charge is 2.10. The summed E-state index contributed by atoms with van der Waals surface area (Å²) >= 11 is 11.3. The Hall–Kier alpha value is -0.350. The van der Waals surface area contributed by atoms with Crippen molar-refractivity contribution >= 4 is 23.2 Å². The minimum absolute atomic E-state index is 0.114. The van der Waals surface area contributed by atoms with Crippen molar-refractivity contribution in [2.45, 2.75) is 6.10 Å². The van der Waals surface area contributed by atoms with Crippen molar-refractivity contribution in [3.63, 3.8) is 0 Å². The normalized spacial score (nSPS) is 13.0. The second-order valence-corrected chi connectivity index (χ2v) is 3.07. The van der Waals surface area contributed by atoms with Crippen molar-refractivity contribution in [2.75, 3.05) is 6.54 Å². The number of hydrogen-bond donors (Lipinski definition) is 2. The fourth-order valence-electron chi connectivity index (χ4n) is 0.790. The number of nitrogens with zero attached hydrogens (tertiary/aromatic N) is 1. The van der Waals surface area contributed by atoms with Crippen molar-refractivity contribution < 1.29 is 5.11 Å². The van der Waals surface area contributed by atoms with Crippen LogP contribution in [0, 0.1) is 0 Å². The maximum atomic E-state index is 9.31. The van der Waals surface area contributed by atoms with Crippen molar-refractivity contribution in [1.82, 2.24) is 4.98 Å². The molecule has 1 atom stereocenters. The van der Waals surface area contributed by atoms with Crippen molar-refractivity contribution in [3.8, 4) is 0 Å². The Labute approximate surface area is 80.1 Å². The van der Waals surface area contributed by atoms with E-state index < -0.39 is 6.10 Å². The molecule has 3 nitrogen and oxygen atoms in total. The largest absolute Gasteiger partial charge is 0.387 e. The van der Waals surface area contributed by atoms with Crippen LogP contribution in [0.25, 0.3) is 0 Å². The molecule has 0 aromatic carbocycles.